The number of rotatable bonds is 5. The second-order valence-corrected chi connectivity index (χ2v) is 5.74. The number of methoxy groups -OCH3 is 1. The predicted molar refractivity (Wildman–Crippen MR) is 97.0 cm³/mol. The van der Waals surface area contributed by atoms with Crippen LogP contribution in [0.4, 0.5) is 0 Å². The first-order chi connectivity index (χ1) is 12.0. The van der Waals surface area contributed by atoms with E-state index in [4.69, 9.17) is 27.9 Å². The number of hydrazone groups is 1. The first kappa shape index (κ1) is 18.8. The summed E-state index contributed by atoms with van der Waals surface area (Å²) < 4.78 is 5.08. The molecule has 0 aliphatic carbocycles. The molecule has 2 N–H and O–H groups in total. The summed E-state index contributed by atoms with van der Waals surface area (Å²) in [5.41, 5.74) is 3.51. The summed E-state index contributed by atoms with van der Waals surface area (Å²) in [6.45, 7) is 0.0991. The van der Waals surface area contributed by atoms with E-state index in [0.717, 1.165) is 0 Å². The van der Waals surface area contributed by atoms with Gasteiger partial charge in [0.25, 0.3) is 0 Å². The molecular formula is C17H15Cl2N3O3. The maximum Gasteiger partial charge on any atom is 0.329 e. The highest BCUT2D eigenvalue weighted by molar-refractivity contribution is 6.36. The average Bonchev–Trinajstić information content (AvgIpc) is 2.60. The van der Waals surface area contributed by atoms with Crippen LogP contribution in [0, 0.1) is 0 Å². The molecule has 0 heterocycles. The molecule has 6 nitrogen and oxygen atoms in total. The van der Waals surface area contributed by atoms with Gasteiger partial charge in [-0.15, -0.1) is 0 Å². The van der Waals surface area contributed by atoms with Crippen molar-refractivity contribution in [3.63, 3.8) is 0 Å². The molecule has 25 heavy (non-hydrogen) atoms. The number of ether oxygens (including phenoxy) is 1. The maximum atomic E-state index is 11.8. The van der Waals surface area contributed by atoms with Gasteiger partial charge in [-0.2, -0.15) is 5.10 Å². The Hall–Kier alpha value is -2.57. The van der Waals surface area contributed by atoms with Crippen LogP contribution in [0.3, 0.4) is 0 Å². The van der Waals surface area contributed by atoms with E-state index >= 15 is 0 Å². The normalized spacial score (nSPS) is 10.5. The molecule has 0 aliphatic rings. The summed E-state index contributed by atoms with van der Waals surface area (Å²) in [5, 5.41) is 7.09. The van der Waals surface area contributed by atoms with Crippen LogP contribution in [0.15, 0.2) is 47.6 Å². The minimum absolute atomic E-state index is 0.0991. The number of hydrogen-bond acceptors (Lipinski definition) is 4. The first-order valence-electron chi connectivity index (χ1n) is 7.19. The summed E-state index contributed by atoms with van der Waals surface area (Å²) >= 11 is 11.8. The van der Waals surface area contributed by atoms with Crippen molar-refractivity contribution in [3.05, 3.63) is 63.6 Å². The number of hydrogen-bond donors (Lipinski definition) is 2. The Bertz CT molecular complexity index is 809. The van der Waals surface area contributed by atoms with E-state index < -0.39 is 11.8 Å². The van der Waals surface area contributed by atoms with Gasteiger partial charge in [-0.1, -0.05) is 41.4 Å². The summed E-state index contributed by atoms with van der Waals surface area (Å²) in [6, 6.07) is 12.0. The molecule has 0 saturated carbocycles. The van der Waals surface area contributed by atoms with E-state index in [2.05, 4.69) is 15.8 Å². The second-order valence-electron chi connectivity index (χ2n) is 4.89. The average molecular weight is 380 g/mol. The van der Waals surface area contributed by atoms with Gasteiger partial charge in [0.1, 0.15) is 5.75 Å². The molecule has 0 aliphatic heterocycles. The van der Waals surface area contributed by atoms with Crippen LogP contribution >= 0.6 is 23.2 Å². The minimum atomic E-state index is -0.885. The Morgan fingerprint density at radius 2 is 1.96 bits per heavy atom. The monoisotopic (exact) mass is 379 g/mol. The van der Waals surface area contributed by atoms with Crippen LogP contribution in [-0.4, -0.2) is 25.1 Å². The van der Waals surface area contributed by atoms with Gasteiger partial charge in [-0.3, -0.25) is 9.59 Å². The number of amides is 2. The van der Waals surface area contributed by atoms with Crippen LogP contribution in [0.2, 0.25) is 10.0 Å². The molecule has 0 radical (unpaired) electrons. The molecule has 0 unspecified atom stereocenters. The molecule has 0 saturated heterocycles. The fourth-order valence-electron chi connectivity index (χ4n) is 1.86. The fourth-order valence-corrected chi connectivity index (χ4v) is 2.33. The Kier molecular flexibility index (Phi) is 6.80. The topological polar surface area (TPSA) is 79.8 Å². The van der Waals surface area contributed by atoms with Gasteiger partial charge >= 0.3 is 11.8 Å². The van der Waals surface area contributed by atoms with Crippen LogP contribution in [-0.2, 0) is 16.1 Å². The van der Waals surface area contributed by atoms with Crippen LogP contribution < -0.4 is 15.5 Å². The largest absolute Gasteiger partial charge is 0.497 e. The maximum absolute atomic E-state index is 11.8. The van der Waals surface area contributed by atoms with E-state index in [0.29, 0.717) is 26.9 Å². The molecule has 2 aromatic rings. The fraction of sp³-hybridized carbons (Fsp3) is 0.118. The molecule has 0 fully saturated rings. The van der Waals surface area contributed by atoms with Crippen molar-refractivity contribution in [2.45, 2.75) is 6.54 Å². The zero-order chi connectivity index (χ0) is 18.2. The second kappa shape index (κ2) is 9.05. The molecule has 0 aromatic heterocycles. The van der Waals surface area contributed by atoms with Gasteiger partial charge in [-0.25, -0.2) is 5.43 Å². The third-order valence-corrected chi connectivity index (χ3v) is 3.72. The summed E-state index contributed by atoms with van der Waals surface area (Å²) in [6.07, 6.45) is 1.41. The molecule has 0 atom stereocenters. The molecule has 130 valence electrons. The molecular weight excluding hydrogens is 365 g/mol. The van der Waals surface area contributed by atoms with Crippen molar-refractivity contribution in [2.75, 3.05) is 7.11 Å². The van der Waals surface area contributed by atoms with Crippen molar-refractivity contribution < 1.29 is 14.3 Å². The Labute approximate surface area is 154 Å². The quantitative estimate of drug-likeness (QED) is 0.476. The molecule has 0 bridgehead atoms. The smallest absolute Gasteiger partial charge is 0.329 e. The van der Waals surface area contributed by atoms with E-state index in [1.165, 1.54) is 6.21 Å². The van der Waals surface area contributed by atoms with Crippen molar-refractivity contribution in [2.24, 2.45) is 5.10 Å². The minimum Gasteiger partial charge on any atom is -0.497 e. The number of nitrogens with one attached hydrogen (secondary N) is 2. The van der Waals surface area contributed by atoms with Crippen LogP contribution in [0.1, 0.15) is 11.1 Å². The Balaban J connectivity index is 1.85. The Morgan fingerprint density at radius 3 is 2.68 bits per heavy atom. The summed E-state index contributed by atoms with van der Waals surface area (Å²) in [5.74, 6) is -1.05. The van der Waals surface area contributed by atoms with Gasteiger partial charge < -0.3 is 10.1 Å². The third kappa shape index (κ3) is 5.77. The highest BCUT2D eigenvalue weighted by Gasteiger charge is 2.12. The lowest BCUT2D eigenvalue weighted by Gasteiger charge is -2.06. The zero-order valence-electron chi connectivity index (χ0n) is 13.3. The predicted octanol–water partition coefficient (Wildman–Crippen LogP) is 2.77. The number of carbonyl (C=O) groups excluding carboxylic acids is 2. The van der Waals surface area contributed by atoms with Gasteiger partial charge in [0.2, 0.25) is 0 Å². The van der Waals surface area contributed by atoms with E-state index in [-0.39, 0.29) is 6.54 Å². The van der Waals surface area contributed by atoms with Crippen LogP contribution in [0.25, 0.3) is 0 Å². The number of nitrogens with zero attached hydrogens (tertiary/aromatic N) is 1. The Morgan fingerprint density at radius 1 is 1.16 bits per heavy atom. The highest BCUT2D eigenvalue weighted by Crippen LogP contribution is 2.20. The summed E-state index contributed by atoms with van der Waals surface area (Å²) in [4.78, 5) is 23.5. The van der Waals surface area contributed by atoms with Gasteiger partial charge in [0.05, 0.1) is 13.3 Å². The van der Waals surface area contributed by atoms with Gasteiger partial charge in [0, 0.05) is 16.6 Å². The molecule has 2 rings (SSSR count). The zero-order valence-corrected chi connectivity index (χ0v) is 14.8. The lowest BCUT2D eigenvalue weighted by Crippen LogP contribution is -2.37. The third-order valence-electron chi connectivity index (χ3n) is 3.13. The van der Waals surface area contributed by atoms with Gasteiger partial charge in [0.15, 0.2) is 0 Å². The molecule has 2 amide bonds. The lowest BCUT2D eigenvalue weighted by molar-refractivity contribution is -0.139. The van der Waals surface area contributed by atoms with Crippen LogP contribution in [0.5, 0.6) is 5.75 Å². The molecule has 2 aromatic carbocycles. The number of carbonyl (C=O) groups is 2. The SMILES string of the molecule is COc1cccc(/C=N/NC(=O)C(=O)NCc2ccc(Cl)cc2Cl)c1. The van der Waals surface area contributed by atoms with Crippen molar-refractivity contribution in [3.8, 4) is 5.75 Å². The van der Waals surface area contributed by atoms with E-state index in [9.17, 15) is 9.59 Å². The van der Waals surface area contributed by atoms with Crippen molar-refractivity contribution >= 4 is 41.2 Å². The standard InChI is InChI=1S/C17H15Cl2N3O3/c1-25-14-4-2-3-11(7-14)9-21-22-17(24)16(23)20-10-12-5-6-13(18)8-15(12)19/h2-9H,10H2,1H3,(H,20,23)(H,22,24)/b21-9+. The number of benzene rings is 2. The van der Waals surface area contributed by atoms with E-state index in [1.54, 1.807) is 49.6 Å². The first-order valence-corrected chi connectivity index (χ1v) is 7.94. The van der Waals surface area contributed by atoms with E-state index in [1.807, 2.05) is 0 Å². The van der Waals surface area contributed by atoms with Crippen molar-refractivity contribution in [1.29, 1.82) is 0 Å². The van der Waals surface area contributed by atoms with Gasteiger partial charge in [-0.05, 0) is 35.4 Å². The highest BCUT2D eigenvalue weighted by atomic mass is 35.5. The molecule has 8 heteroatoms. The lowest BCUT2D eigenvalue weighted by atomic mass is 10.2. The summed E-state index contributed by atoms with van der Waals surface area (Å²) in [7, 11) is 1.55. The number of halogens is 2. The molecule has 0 spiro atoms. The van der Waals surface area contributed by atoms with Crippen molar-refractivity contribution in [1.82, 2.24) is 10.7 Å².